The van der Waals surface area contributed by atoms with Crippen molar-refractivity contribution in [2.75, 3.05) is 44.8 Å². The summed E-state index contributed by atoms with van der Waals surface area (Å²) < 4.78 is 27.7. The molecular weight excluding hydrogens is 525 g/mol. The second kappa shape index (κ2) is 12.2. The van der Waals surface area contributed by atoms with Crippen LogP contribution in [0.25, 0.3) is 11.1 Å². The molecule has 2 aliphatic heterocycles. The minimum absolute atomic E-state index is 0.0502. The molecule has 2 aromatic heterocycles. The number of aromatic nitrogens is 4. The Kier molecular flexibility index (Phi) is 8.26. The number of aliphatic carboxylic acids is 1. The van der Waals surface area contributed by atoms with Crippen LogP contribution < -0.4 is 4.90 Å². The minimum atomic E-state index is -0.888. The van der Waals surface area contributed by atoms with E-state index in [1.54, 1.807) is 59.5 Å². The zero-order valence-corrected chi connectivity index (χ0v) is 21.7. The molecule has 0 unspecified atom stereocenters. The van der Waals surface area contributed by atoms with Gasteiger partial charge in [0.05, 0.1) is 50.4 Å². The van der Waals surface area contributed by atoms with Crippen LogP contribution in [0.3, 0.4) is 0 Å². The Labute approximate surface area is 228 Å². The molecule has 13 nitrogen and oxygen atoms in total. The van der Waals surface area contributed by atoms with Gasteiger partial charge in [-0.15, -0.1) is 5.10 Å². The molecular formula is C26H28FN7O6. The van der Waals surface area contributed by atoms with E-state index in [1.807, 2.05) is 0 Å². The highest BCUT2D eigenvalue weighted by atomic mass is 19.1. The number of halogens is 1. The largest absolute Gasteiger partial charge is 0.480 e. The molecule has 1 amide bonds. The Bertz CT molecular complexity index is 1370. The summed E-state index contributed by atoms with van der Waals surface area (Å²) in [6, 6.07) is 8.09. The zero-order chi connectivity index (χ0) is 28.1. The number of cyclic esters (lactones) is 1. The first-order valence-electron chi connectivity index (χ1n) is 12.6. The fourth-order valence-electron chi connectivity index (χ4n) is 4.41. The number of amides is 1. The maximum absolute atomic E-state index is 15.1. The number of nitrogens with zero attached hydrogens (tertiary/aromatic N) is 7. The third kappa shape index (κ3) is 6.58. The number of anilines is 1. The van der Waals surface area contributed by atoms with Crippen LogP contribution in [-0.4, -0.2) is 99.9 Å². The molecule has 1 fully saturated rings. The van der Waals surface area contributed by atoms with E-state index in [9.17, 15) is 9.59 Å². The standard InChI is InChI=1S/C26H28FN7O6/c1-32(15-25(35)36)8-9-38-16-19-11-24(30-40-19)23-5-2-17(12-28-23)21-4-3-18(10-22(21)27)34-14-20(39-26(34)37)13-33-7-6-29-31-33/h2-7,10,12,19-20H,8-9,11,13-16H2,1H3,(H,35,36)/t19-,20-/m0/s1. The number of rotatable bonds is 12. The lowest BCUT2D eigenvalue weighted by Gasteiger charge is -2.15. The summed E-state index contributed by atoms with van der Waals surface area (Å²) in [5.74, 6) is -1.38. The first-order chi connectivity index (χ1) is 19.4. The van der Waals surface area contributed by atoms with Crippen LogP contribution in [0, 0.1) is 5.82 Å². The molecule has 210 valence electrons. The minimum Gasteiger partial charge on any atom is -0.480 e. The lowest BCUT2D eigenvalue weighted by molar-refractivity contribution is -0.138. The summed E-state index contributed by atoms with van der Waals surface area (Å²) in [6.45, 7) is 1.75. The third-order valence-electron chi connectivity index (χ3n) is 6.43. The quantitative estimate of drug-likeness (QED) is 0.331. The Morgan fingerprint density at radius 2 is 2.15 bits per heavy atom. The Balaban J connectivity index is 1.13. The van der Waals surface area contributed by atoms with E-state index < -0.39 is 24.0 Å². The van der Waals surface area contributed by atoms with E-state index in [0.717, 1.165) is 0 Å². The lowest BCUT2D eigenvalue weighted by Crippen LogP contribution is -2.29. The molecule has 0 spiro atoms. The van der Waals surface area contributed by atoms with Crippen LogP contribution in [0.5, 0.6) is 0 Å². The zero-order valence-electron chi connectivity index (χ0n) is 21.7. The van der Waals surface area contributed by atoms with Crippen molar-refractivity contribution in [1.82, 2.24) is 24.9 Å². The van der Waals surface area contributed by atoms with Gasteiger partial charge in [-0.3, -0.25) is 19.6 Å². The van der Waals surface area contributed by atoms with Crippen molar-refractivity contribution in [1.29, 1.82) is 0 Å². The van der Waals surface area contributed by atoms with Gasteiger partial charge in [0.25, 0.3) is 0 Å². The number of likely N-dealkylation sites (N-methyl/N-ethyl adjacent to an activating group) is 1. The predicted octanol–water partition coefficient (Wildman–Crippen LogP) is 2.03. The summed E-state index contributed by atoms with van der Waals surface area (Å²) >= 11 is 0. The van der Waals surface area contributed by atoms with Crippen molar-refractivity contribution in [3.8, 4) is 11.1 Å². The molecule has 1 aromatic carbocycles. The fraction of sp³-hybridized carbons (Fsp3) is 0.385. The number of oxime groups is 1. The van der Waals surface area contributed by atoms with Gasteiger partial charge in [0.2, 0.25) is 0 Å². The van der Waals surface area contributed by atoms with E-state index in [1.165, 1.54) is 11.0 Å². The van der Waals surface area contributed by atoms with Crippen LogP contribution in [0.15, 0.2) is 54.1 Å². The van der Waals surface area contributed by atoms with Gasteiger partial charge in [-0.1, -0.05) is 16.4 Å². The number of hydrogen-bond donors (Lipinski definition) is 1. The average molecular weight is 554 g/mol. The molecule has 0 radical (unpaired) electrons. The molecule has 4 heterocycles. The maximum Gasteiger partial charge on any atom is 0.414 e. The second-order valence-corrected chi connectivity index (χ2v) is 9.51. The molecule has 0 saturated carbocycles. The Morgan fingerprint density at radius 1 is 1.27 bits per heavy atom. The molecule has 1 N–H and O–H groups in total. The highest BCUT2D eigenvalue weighted by Gasteiger charge is 2.33. The molecule has 0 bridgehead atoms. The molecule has 14 heteroatoms. The number of carbonyl (C=O) groups is 2. The highest BCUT2D eigenvalue weighted by molar-refractivity contribution is 5.99. The lowest BCUT2D eigenvalue weighted by atomic mass is 10.0. The van der Waals surface area contributed by atoms with Gasteiger partial charge >= 0.3 is 12.1 Å². The second-order valence-electron chi connectivity index (χ2n) is 9.51. The number of benzene rings is 1. The summed E-state index contributed by atoms with van der Waals surface area (Å²) in [6.07, 6.45) is 4.06. The van der Waals surface area contributed by atoms with Crippen molar-refractivity contribution < 1.29 is 33.4 Å². The van der Waals surface area contributed by atoms with Crippen LogP contribution in [0.1, 0.15) is 12.1 Å². The predicted molar refractivity (Wildman–Crippen MR) is 139 cm³/mol. The topological polar surface area (TPSA) is 144 Å². The van der Waals surface area contributed by atoms with Crippen LogP contribution in [-0.2, 0) is 25.7 Å². The van der Waals surface area contributed by atoms with Gasteiger partial charge in [0, 0.05) is 36.5 Å². The van der Waals surface area contributed by atoms with Gasteiger partial charge in [-0.2, -0.15) is 0 Å². The summed E-state index contributed by atoms with van der Waals surface area (Å²) in [4.78, 5) is 36.0. The Hall–Kier alpha value is -4.43. The molecule has 2 atom stereocenters. The monoisotopic (exact) mass is 553 g/mol. The molecule has 2 aliphatic rings. The van der Waals surface area contributed by atoms with Gasteiger partial charge in [0.1, 0.15) is 17.6 Å². The van der Waals surface area contributed by atoms with E-state index in [0.29, 0.717) is 60.9 Å². The van der Waals surface area contributed by atoms with Gasteiger partial charge in [-0.25, -0.2) is 13.9 Å². The number of carbonyl (C=O) groups excluding carboxylic acids is 1. The van der Waals surface area contributed by atoms with E-state index in [2.05, 4.69) is 20.5 Å². The molecule has 3 aromatic rings. The van der Waals surface area contributed by atoms with Gasteiger partial charge < -0.3 is 19.4 Å². The first kappa shape index (κ1) is 27.1. The normalized spacial score (nSPS) is 18.6. The van der Waals surface area contributed by atoms with Crippen LogP contribution in [0.2, 0.25) is 0 Å². The molecule has 1 saturated heterocycles. The number of carboxylic acids is 1. The average Bonchev–Trinajstić information content (AvgIpc) is 3.69. The molecule has 0 aliphatic carbocycles. The van der Waals surface area contributed by atoms with Gasteiger partial charge in [-0.05, 0) is 31.3 Å². The number of ether oxygens (including phenoxy) is 2. The van der Waals surface area contributed by atoms with Crippen molar-refractivity contribution >= 4 is 23.5 Å². The van der Waals surface area contributed by atoms with E-state index >= 15 is 4.39 Å². The van der Waals surface area contributed by atoms with Crippen molar-refractivity contribution in [2.24, 2.45) is 5.16 Å². The molecule has 40 heavy (non-hydrogen) atoms. The SMILES string of the molecule is CN(CCOC[C@@H]1CC(c2ccc(-c3ccc(N4C[C@H](Cn5ccnn5)OC4=O)cc3F)cn2)=NO1)CC(=O)O. The summed E-state index contributed by atoms with van der Waals surface area (Å²) in [5, 5.41) is 20.5. The van der Waals surface area contributed by atoms with Crippen molar-refractivity contribution in [2.45, 2.75) is 25.2 Å². The highest BCUT2D eigenvalue weighted by Crippen LogP contribution is 2.29. The third-order valence-corrected chi connectivity index (χ3v) is 6.43. The summed E-state index contributed by atoms with van der Waals surface area (Å²) in [7, 11) is 1.71. The van der Waals surface area contributed by atoms with Crippen molar-refractivity contribution in [3.05, 3.63) is 60.4 Å². The molecule has 5 rings (SSSR count). The van der Waals surface area contributed by atoms with E-state index in [-0.39, 0.29) is 19.2 Å². The maximum atomic E-state index is 15.1. The number of carboxylic acid groups (broad SMARTS) is 1. The van der Waals surface area contributed by atoms with Crippen molar-refractivity contribution in [3.63, 3.8) is 0 Å². The van der Waals surface area contributed by atoms with E-state index in [4.69, 9.17) is 19.4 Å². The fourth-order valence-corrected chi connectivity index (χ4v) is 4.41. The Morgan fingerprint density at radius 3 is 2.88 bits per heavy atom. The smallest absolute Gasteiger partial charge is 0.414 e. The van der Waals surface area contributed by atoms with Crippen LogP contribution >= 0.6 is 0 Å². The first-order valence-corrected chi connectivity index (χ1v) is 12.6. The number of hydrogen-bond acceptors (Lipinski definition) is 10. The summed E-state index contributed by atoms with van der Waals surface area (Å²) in [5.41, 5.74) is 2.59. The van der Waals surface area contributed by atoms with Gasteiger partial charge in [0.15, 0.2) is 6.10 Å². The van der Waals surface area contributed by atoms with Crippen LogP contribution in [0.4, 0.5) is 14.9 Å². The number of pyridine rings is 1.